The smallest absolute Gasteiger partial charge is 0.269 e. The molecule has 0 aromatic heterocycles. The van der Waals surface area contributed by atoms with Crippen molar-refractivity contribution < 1.29 is 23.2 Å². The fraction of sp³-hybridized carbons (Fsp3) is 0.429. The molecule has 0 saturated carbocycles. The Morgan fingerprint density at radius 1 is 1.14 bits per heavy atom. The van der Waals surface area contributed by atoms with Crippen LogP contribution in [0, 0.1) is 0 Å². The SMILES string of the molecule is O=C(CCCCCCN1C(=O)c2ccccc2S1(=O)=O)NO. The Hall–Kier alpha value is -1.93. The molecule has 1 aromatic rings. The average Bonchev–Trinajstić information content (AvgIpc) is 2.71. The molecule has 0 aliphatic carbocycles. The molecule has 0 fully saturated rings. The molecule has 0 bridgehead atoms. The van der Waals surface area contributed by atoms with Crippen molar-refractivity contribution in [1.82, 2.24) is 9.79 Å². The number of unbranched alkanes of at least 4 members (excludes halogenated alkanes) is 3. The maximum atomic E-state index is 12.3. The van der Waals surface area contributed by atoms with Crippen LogP contribution in [0.4, 0.5) is 0 Å². The molecule has 1 aromatic carbocycles. The predicted octanol–water partition coefficient (Wildman–Crippen LogP) is 1.29. The molecule has 0 atom stereocenters. The van der Waals surface area contributed by atoms with Crippen LogP contribution in [-0.2, 0) is 14.8 Å². The van der Waals surface area contributed by atoms with Crippen LogP contribution in [0.1, 0.15) is 42.5 Å². The summed E-state index contributed by atoms with van der Waals surface area (Å²) in [6.45, 7) is 0.141. The van der Waals surface area contributed by atoms with Gasteiger partial charge in [-0.2, -0.15) is 0 Å². The first-order chi connectivity index (χ1) is 10.5. The zero-order valence-corrected chi connectivity index (χ0v) is 12.8. The van der Waals surface area contributed by atoms with E-state index >= 15 is 0 Å². The third-order valence-electron chi connectivity index (χ3n) is 3.55. The van der Waals surface area contributed by atoms with Gasteiger partial charge in [-0.25, -0.2) is 18.2 Å². The molecule has 0 saturated heterocycles. The number of hydrogen-bond acceptors (Lipinski definition) is 5. The van der Waals surface area contributed by atoms with E-state index < -0.39 is 21.8 Å². The highest BCUT2D eigenvalue weighted by Gasteiger charge is 2.40. The van der Waals surface area contributed by atoms with Gasteiger partial charge < -0.3 is 0 Å². The molecule has 8 heteroatoms. The van der Waals surface area contributed by atoms with Gasteiger partial charge in [0.15, 0.2) is 0 Å². The Kier molecular flexibility index (Phi) is 5.15. The molecule has 1 heterocycles. The minimum atomic E-state index is -3.72. The standard InChI is InChI=1S/C14H18N2O5S/c17-13(15-19)9-3-1-2-6-10-16-14(18)11-7-4-5-8-12(11)22(16,20)21/h4-5,7-8,19H,1-3,6,9-10H2,(H,15,17). The van der Waals surface area contributed by atoms with E-state index in [0.29, 0.717) is 19.3 Å². The van der Waals surface area contributed by atoms with Crippen LogP contribution in [0.2, 0.25) is 0 Å². The van der Waals surface area contributed by atoms with Crippen LogP contribution in [0.25, 0.3) is 0 Å². The second kappa shape index (κ2) is 6.89. The highest BCUT2D eigenvalue weighted by atomic mass is 32.2. The van der Waals surface area contributed by atoms with Crippen molar-refractivity contribution in [2.24, 2.45) is 0 Å². The molecule has 120 valence electrons. The topological polar surface area (TPSA) is 104 Å². The lowest BCUT2D eigenvalue weighted by atomic mass is 10.1. The van der Waals surface area contributed by atoms with Crippen molar-refractivity contribution in [1.29, 1.82) is 0 Å². The Labute approximate surface area is 128 Å². The summed E-state index contributed by atoms with van der Waals surface area (Å²) >= 11 is 0. The van der Waals surface area contributed by atoms with Gasteiger partial charge in [0.2, 0.25) is 5.91 Å². The summed E-state index contributed by atoms with van der Waals surface area (Å²) in [5.41, 5.74) is 1.78. The molecule has 0 spiro atoms. The molecular weight excluding hydrogens is 308 g/mol. The van der Waals surface area contributed by atoms with E-state index in [4.69, 9.17) is 5.21 Å². The molecule has 0 radical (unpaired) electrons. The number of carbonyl (C=O) groups is 2. The summed E-state index contributed by atoms with van der Waals surface area (Å²) in [6.07, 6.45) is 2.80. The van der Waals surface area contributed by atoms with Gasteiger partial charge >= 0.3 is 0 Å². The van der Waals surface area contributed by atoms with Crippen molar-refractivity contribution in [2.75, 3.05) is 6.54 Å². The average molecular weight is 326 g/mol. The fourth-order valence-corrected chi connectivity index (χ4v) is 4.01. The van der Waals surface area contributed by atoms with E-state index in [1.54, 1.807) is 17.6 Å². The molecule has 2 rings (SSSR count). The minimum absolute atomic E-state index is 0.0691. The van der Waals surface area contributed by atoms with Crippen molar-refractivity contribution in [2.45, 2.75) is 37.0 Å². The lowest BCUT2D eigenvalue weighted by Gasteiger charge is -2.14. The third-order valence-corrected chi connectivity index (χ3v) is 5.39. The third kappa shape index (κ3) is 3.28. The first-order valence-electron chi connectivity index (χ1n) is 7.07. The van der Waals surface area contributed by atoms with Crippen molar-refractivity contribution in [3.63, 3.8) is 0 Å². The van der Waals surface area contributed by atoms with Gasteiger partial charge in [-0.3, -0.25) is 14.8 Å². The maximum Gasteiger partial charge on any atom is 0.269 e. The van der Waals surface area contributed by atoms with Crippen LogP contribution in [0.3, 0.4) is 0 Å². The Morgan fingerprint density at radius 2 is 1.82 bits per heavy atom. The molecule has 7 nitrogen and oxygen atoms in total. The summed E-state index contributed by atoms with van der Waals surface area (Å²) in [4.78, 5) is 23.0. The molecule has 2 amide bonds. The summed E-state index contributed by atoms with van der Waals surface area (Å²) in [6, 6.07) is 6.19. The molecule has 1 aliphatic rings. The van der Waals surface area contributed by atoms with E-state index in [2.05, 4.69) is 0 Å². The van der Waals surface area contributed by atoms with Crippen LogP contribution in [-0.4, -0.2) is 36.3 Å². The van der Waals surface area contributed by atoms with Gasteiger partial charge in [0.1, 0.15) is 4.90 Å². The van der Waals surface area contributed by atoms with Crippen LogP contribution in [0.15, 0.2) is 29.2 Å². The summed E-state index contributed by atoms with van der Waals surface area (Å²) < 4.78 is 25.4. The van der Waals surface area contributed by atoms with Crippen LogP contribution < -0.4 is 5.48 Å². The van der Waals surface area contributed by atoms with Gasteiger partial charge in [-0.1, -0.05) is 25.0 Å². The van der Waals surface area contributed by atoms with Crippen LogP contribution in [0.5, 0.6) is 0 Å². The van der Waals surface area contributed by atoms with Gasteiger partial charge in [-0.05, 0) is 25.0 Å². The monoisotopic (exact) mass is 326 g/mol. The number of hydroxylamine groups is 1. The minimum Gasteiger partial charge on any atom is -0.289 e. The van der Waals surface area contributed by atoms with Crippen molar-refractivity contribution >= 4 is 21.8 Å². The number of nitrogens with one attached hydrogen (secondary N) is 1. The number of amides is 2. The van der Waals surface area contributed by atoms with E-state index in [-0.39, 0.29) is 23.4 Å². The molecule has 1 aliphatic heterocycles. The number of rotatable bonds is 7. The van der Waals surface area contributed by atoms with Crippen molar-refractivity contribution in [3.05, 3.63) is 29.8 Å². The highest BCUT2D eigenvalue weighted by molar-refractivity contribution is 7.90. The molecular formula is C14H18N2O5S. The quantitative estimate of drug-likeness (QED) is 0.446. The number of nitrogens with zero attached hydrogens (tertiary/aromatic N) is 1. The van der Waals surface area contributed by atoms with E-state index in [0.717, 1.165) is 10.7 Å². The molecule has 2 N–H and O–H groups in total. The lowest BCUT2D eigenvalue weighted by molar-refractivity contribution is -0.129. The largest absolute Gasteiger partial charge is 0.289 e. The van der Waals surface area contributed by atoms with Gasteiger partial charge in [0.25, 0.3) is 15.9 Å². The fourth-order valence-electron chi connectivity index (χ4n) is 2.40. The normalized spacial score (nSPS) is 15.7. The Bertz CT molecular complexity index is 672. The van der Waals surface area contributed by atoms with Crippen LogP contribution >= 0.6 is 0 Å². The number of hydrogen-bond donors (Lipinski definition) is 2. The maximum absolute atomic E-state index is 12.3. The van der Waals surface area contributed by atoms with E-state index in [9.17, 15) is 18.0 Å². The second-order valence-corrected chi connectivity index (χ2v) is 6.91. The summed E-state index contributed by atoms with van der Waals surface area (Å²) in [5, 5.41) is 8.34. The second-order valence-electron chi connectivity index (χ2n) is 5.08. The molecule has 0 unspecified atom stereocenters. The predicted molar refractivity (Wildman–Crippen MR) is 77.7 cm³/mol. The zero-order valence-electron chi connectivity index (χ0n) is 12.0. The number of benzene rings is 1. The first-order valence-corrected chi connectivity index (χ1v) is 8.51. The lowest BCUT2D eigenvalue weighted by Crippen LogP contribution is -2.31. The van der Waals surface area contributed by atoms with Gasteiger partial charge in [-0.15, -0.1) is 0 Å². The van der Waals surface area contributed by atoms with Gasteiger partial charge in [0.05, 0.1) is 5.56 Å². The number of fused-ring (bicyclic) bond motifs is 1. The zero-order chi connectivity index (χ0) is 16.2. The summed E-state index contributed by atoms with van der Waals surface area (Å²) in [5.74, 6) is -0.914. The Balaban J connectivity index is 1.85. The summed E-state index contributed by atoms with van der Waals surface area (Å²) in [7, 11) is -3.72. The molecule has 22 heavy (non-hydrogen) atoms. The number of carbonyl (C=O) groups excluding carboxylic acids is 2. The van der Waals surface area contributed by atoms with Gasteiger partial charge in [0, 0.05) is 13.0 Å². The first kappa shape index (κ1) is 16.4. The number of sulfonamides is 1. The highest BCUT2D eigenvalue weighted by Crippen LogP contribution is 2.30. The Morgan fingerprint density at radius 3 is 2.50 bits per heavy atom. The van der Waals surface area contributed by atoms with E-state index in [1.807, 2.05) is 0 Å². The van der Waals surface area contributed by atoms with Crippen molar-refractivity contribution in [3.8, 4) is 0 Å². The van der Waals surface area contributed by atoms with E-state index in [1.165, 1.54) is 12.1 Å².